The maximum atomic E-state index is 12.8. The Kier molecular flexibility index (Phi) is 5.12. The van der Waals surface area contributed by atoms with Crippen molar-refractivity contribution in [2.24, 2.45) is 0 Å². The average Bonchev–Trinajstić information content (AvgIpc) is 2.83. The lowest BCUT2D eigenvalue weighted by atomic mass is 10.0. The van der Waals surface area contributed by atoms with Crippen molar-refractivity contribution >= 4 is 11.9 Å². The second kappa shape index (κ2) is 6.91. The Morgan fingerprint density at radius 3 is 2.46 bits per heavy atom. The van der Waals surface area contributed by atoms with Crippen molar-refractivity contribution in [2.45, 2.75) is 34.2 Å². The lowest BCUT2D eigenvalue weighted by Crippen LogP contribution is -2.27. The summed E-state index contributed by atoms with van der Waals surface area (Å²) < 4.78 is 4.79. The first-order valence-electron chi connectivity index (χ1n) is 7.85. The second-order valence-electron chi connectivity index (χ2n) is 6.20. The summed E-state index contributed by atoms with van der Waals surface area (Å²) in [6, 6.07) is 5.86. The van der Waals surface area contributed by atoms with Gasteiger partial charge in [-0.15, -0.1) is 0 Å². The fraction of sp³-hybridized carbons (Fsp3) is 0.368. The van der Waals surface area contributed by atoms with Crippen LogP contribution in [0.2, 0.25) is 0 Å². The van der Waals surface area contributed by atoms with Crippen LogP contribution in [0.25, 0.3) is 0 Å². The number of aromatic nitrogens is 1. The number of carbonyl (C=O) groups excluding carboxylic acids is 2. The van der Waals surface area contributed by atoms with Crippen molar-refractivity contribution in [3.8, 4) is 0 Å². The van der Waals surface area contributed by atoms with Crippen molar-refractivity contribution in [2.75, 3.05) is 14.2 Å². The number of benzene rings is 1. The molecule has 1 aromatic heterocycles. The van der Waals surface area contributed by atoms with Crippen LogP contribution in [-0.4, -0.2) is 35.9 Å². The summed E-state index contributed by atoms with van der Waals surface area (Å²) in [5.41, 5.74) is 5.79. The minimum absolute atomic E-state index is 0.0316. The van der Waals surface area contributed by atoms with Gasteiger partial charge in [-0.1, -0.05) is 17.7 Å². The molecule has 0 bridgehead atoms. The molecular weight excluding hydrogens is 304 g/mol. The first-order valence-corrected chi connectivity index (χ1v) is 7.85. The van der Waals surface area contributed by atoms with Crippen LogP contribution in [0.5, 0.6) is 0 Å². The monoisotopic (exact) mass is 328 g/mol. The van der Waals surface area contributed by atoms with Gasteiger partial charge in [0.2, 0.25) is 0 Å². The number of methoxy groups -OCH3 is 1. The van der Waals surface area contributed by atoms with Gasteiger partial charge in [0.1, 0.15) is 5.69 Å². The Morgan fingerprint density at radius 2 is 1.83 bits per heavy atom. The number of nitrogens with one attached hydrogen (secondary N) is 1. The van der Waals surface area contributed by atoms with Crippen LogP contribution < -0.4 is 0 Å². The standard InChI is InChI=1S/C19H24N2O3/c1-11-7-8-12(2)15(9-11)18(22)21(5)10-16-13(3)17(19(23)24-6)20-14(16)4/h7-9,20H,10H2,1-6H3. The maximum Gasteiger partial charge on any atom is 0.354 e. The highest BCUT2D eigenvalue weighted by Gasteiger charge is 2.21. The molecule has 5 nitrogen and oxygen atoms in total. The van der Waals surface area contributed by atoms with E-state index in [1.807, 2.05) is 45.9 Å². The Morgan fingerprint density at radius 1 is 1.17 bits per heavy atom. The molecule has 1 amide bonds. The third-order valence-corrected chi connectivity index (χ3v) is 4.35. The van der Waals surface area contributed by atoms with E-state index in [-0.39, 0.29) is 5.91 Å². The third-order valence-electron chi connectivity index (χ3n) is 4.35. The fourth-order valence-corrected chi connectivity index (χ4v) is 2.81. The second-order valence-corrected chi connectivity index (χ2v) is 6.20. The number of hydrogen-bond acceptors (Lipinski definition) is 3. The van der Waals surface area contributed by atoms with Gasteiger partial charge in [0.15, 0.2) is 0 Å². The van der Waals surface area contributed by atoms with Crippen LogP contribution in [0.4, 0.5) is 0 Å². The summed E-state index contributed by atoms with van der Waals surface area (Å²) in [6.07, 6.45) is 0. The molecule has 0 atom stereocenters. The van der Waals surface area contributed by atoms with Gasteiger partial charge in [0, 0.05) is 24.8 Å². The minimum atomic E-state index is -0.398. The van der Waals surface area contributed by atoms with Gasteiger partial charge in [-0.05, 0) is 50.5 Å². The Hall–Kier alpha value is -2.56. The number of aromatic amines is 1. The quantitative estimate of drug-likeness (QED) is 0.876. The molecule has 1 heterocycles. The number of aryl methyl sites for hydroxylation is 3. The zero-order valence-corrected chi connectivity index (χ0v) is 15.1. The molecule has 1 N–H and O–H groups in total. The van der Waals surface area contributed by atoms with E-state index in [1.165, 1.54) is 7.11 Å². The van der Waals surface area contributed by atoms with Gasteiger partial charge in [-0.25, -0.2) is 4.79 Å². The summed E-state index contributed by atoms with van der Waals surface area (Å²) in [7, 11) is 3.13. The van der Waals surface area contributed by atoms with E-state index in [9.17, 15) is 9.59 Å². The first-order chi connectivity index (χ1) is 11.3. The van der Waals surface area contributed by atoms with Gasteiger partial charge in [-0.2, -0.15) is 0 Å². The van der Waals surface area contributed by atoms with E-state index in [1.54, 1.807) is 11.9 Å². The van der Waals surface area contributed by atoms with E-state index in [4.69, 9.17) is 4.74 Å². The molecule has 0 aliphatic rings. The van der Waals surface area contributed by atoms with Crippen LogP contribution in [0.15, 0.2) is 18.2 Å². The molecule has 0 aliphatic heterocycles. The number of rotatable bonds is 4. The summed E-state index contributed by atoms with van der Waals surface area (Å²) in [5, 5.41) is 0. The molecule has 0 unspecified atom stereocenters. The van der Waals surface area contributed by atoms with Crippen LogP contribution >= 0.6 is 0 Å². The first kappa shape index (κ1) is 17.8. The van der Waals surface area contributed by atoms with Gasteiger partial charge in [0.25, 0.3) is 5.91 Å². The predicted molar refractivity (Wildman–Crippen MR) is 93.3 cm³/mol. The molecule has 2 rings (SSSR count). The van der Waals surface area contributed by atoms with Gasteiger partial charge in [0.05, 0.1) is 7.11 Å². The number of H-pyrrole nitrogens is 1. The number of esters is 1. The number of carbonyl (C=O) groups is 2. The smallest absolute Gasteiger partial charge is 0.354 e. The molecule has 24 heavy (non-hydrogen) atoms. The maximum absolute atomic E-state index is 12.8. The number of ether oxygens (including phenoxy) is 1. The molecule has 0 saturated heterocycles. The van der Waals surface area contributed by atoms with Crippen molar-refractivity contribution in [1.82, 2.24) is 9.88 Å². The predicted octanol–water partition coefficient (Wildman–Crippen LogP) is 3.31. The molecule has 0 aliphatic carbocycles. The highest BCUT2D eigenvalue weighted by atomic mass is 16.5. The van der Waals surface area contributed by atoms with E-state index in [2.05, 4.69) is 4.98 Å². The highest BCUT2D eigenvalue weighted by molar-refractivity contribution is 5.95. The summed E-state index contributed by atoms with van der Waals surface area (Å²) in [5.74, 6) is -0.429. The van der Waals surface area contributed by atoms with E-state index < -0.39 is 5.97 Å². The van der Waals surface area contributed by atoms with Gasteiger partial charge >= 0.3 is 5.97 Å². The van der Waals surface area contributed by atoms with Crippen LogP contribution in [0, 0.1) is 27.7 Å². The summed E-state index contributed by atoms with van der Waals surface area (Å²) in [4.78, 5) is 29.3. The molecule has 0 fully saturated rings. The van der Waals surface area contributed by atoms with E-state index >= 15 is 0 Å². The molecule has 0 spiro atoms. The molecule has 0 saturated carbocycles. The van der Waals surface area contributed by atoms with Crippen molar-refractivity contribution in [3.05, 3.63) is 57.4 Å². The Labute approximate surface area is 142 Å². The van der Waals surface area contributed by atoms with Crippen molar-refractivity contribution < 1.29 is 14.3 Å². The van der Waals surface area contributed by atoms with Crippen LogP contribution in [0.3, 0.4) is 0 Å². The molecule has 1 aromatic carbocycles. The normalized spacial score (nSPS) is 10.6. The van der Waals surface area contributed by atoms with Gasteiger partial charge in [-0.3, -0.25) is 4.79 Å². The molecule has 5 heteroatoms. The van der Waals surface area contributed by atoms with Crippen LogP contribution in [-0.2, 0) is 11.3 Å². The summed E-state index contributed by atoms with van der Waals surface area (Å²) in [6.45, 7) is 8.09. The van der Waals surface area contributed by atoms with E-state index in [0.717, 1.165) is 27.9 Å². The molecule has 128 valence electrons. The Balaban J connectivity index is 2.28. The van der Waals surface area contributed by atoms with E-state index in [0.29, 0.717) is 17.8 Å². The Bertz CT molecular complexity index is 790. The number of amides is 1. The number of hydrogen-bond donors (Lipinski definition) is 1. The largest absolute Gasteiger partial charge is 0.464 e. The van der Waals surface area contributed by atoms with Gasteiger partial charge < -0.3 is 14.6 Å². The summed E-state index contributed by atoms with van der Waals surface area (Å²) >= 11 is 0. The average molecular weight is 328 g/mol. The zero-order valence-electron chi connectivity index (χ0n) is 15.1. The fourth-order valence-electron chi connectivity index (χ4n) is 2.81. The third kappa shape index (κ3) is 3.35. The molecule has 0 radical (unpaired) electrons. The minimum Gasteiger partial charge on any atom is -0.464 e. The lowest BCUT2D eigenvalue weighted by molar-refractivity contribution is 0.0593. The molecular formula is C19H24N2O3. The van der Waals surface area contributed by atoms with Crippen molar-refractivity contribution in [3.63, 3.8) is 0 Å². The zero-order chi connectivity index (χ0) is 18.0. The topological polar surface area (TPSA) is 62.4 Å². The lowest BCUT2D eigenvalue weighted by Gasteiger charge is -2.19. The SMILES string of the molecule is COC(=O)c1[nH]c(C)c(CN(C)C(=O)c2cc(C)ccc2C)c1C. The van der Waals surface area contributed by atoms with Crippen LogP contribution in [0.1, 0.15) is 48.8 Å². The number of nitrogens with zero attached hydrogens (tertiary/aromatic N) is 1. The molecule has 2 aromatic rings. The van der Waals surface area contributed by atoms with Crippen molar-refractivity contribution in [1.29, 1.82) is 0 Å². The highest BCUT2D eigenvalue weighted by Crippen LogP contribution is 2.21.